The molecule has 0 fully saturated rings. The first kappa shape index (κ1) is 9.05. The second-order valence-electron chi connectivity index (χ2n) is 3.39. The average Bonchev–Trinajstić information content (AvgIpc) is 2.87. The van der Waals surface area contributed by atoms with Gasteiger partial charge in [0.2, 0.25) is 0 Å². The van der Waals surface area contributed by atoms with Crippen LogP contribution < -0.4 is 5.73 Å². The Morgan fingerprint density at radius 2 is 2.25 bits per heavy atom. The molecular weight excluding hydrogens is 204 g/mol. The summed E-state index contributed by atoms with van der Waals surface area (Å²) in [5, 5.41) is 3.09. The Labute approximate surface area is 91.1 Å². The van der Waals surface area contributed by atoms with Crippen LogP contribution >= 0.6 is 0 Å². The molecule has 0 amide bonds. The monoisotopic (exact) mass is 214 g/mol. The van der Waals surface area contributed by atoms with Crippen LogP contribution in [-0.2, 0) is 6.54 Å². The van der Waals surface area contributed by atoms with E-state index in [1.807, 2.05) is 24.4 Å². The van der Waals surface area contributed by atoms with Crippen LogP contribution in [0.1, 0.15) is 5.69 Å². The van der Waals surface area contributed by atoms with Crippen LogP contribution in [0.5, 0.6) is 0 Å². The lowest BCUT2D eigenvalue weighted by Gasteiger charge is -1.92. The topological polar surface area (TPSA) is 84.9 Å². The highest BCUT2D eigenvalue weighted by molar-refractivity contribution is 5.51. The van der Waals surface area contributed by atoms with Crippen molar-refractivity contribution >= 4 is 5.78 Å². The molecule has 3 N–H and O–H groups in total. The predicted octanol–water partition coefficient (Wildman–Crippen LogP) is 0.578. The van der Waals surface area contributed by atoms with Gasteiger partial charge < -0.3 is 5.73 Å². The van der Waals surface area contributed by atoms with Crippen LogP contribution in [0.15, 0.2) is 30.6 Å². The van der Waals surface area contributed by atoms with E-state index in [0.717, 1.165) is 11.4 Å². The molecule has 3 aromatic heterocycles. The fraction of sp³-hybridized carbons (Fsp3) is 0.100. The van der Waals surface area contributed by atoms with Crippen LogP contribution in [0.2, 0.25) is 0 Å². The van der Waals surface area contributed by atoms with Gasteiger partial charge in [-0.3, -0.25) is 10.1 Å². The minimum atomic E-state index is 0.413. The molecule has 3 heterocycles. The summed E-state index contributed by atoms with van der Waals surface area (Å²) in [6, 6.07) is 5.67. The average molecular weight is 214 g/mol. The number of nitrogens with two attached hydrogens (primary N) is 1. The first-order valence-electron chi connectivity index (χ1n) is 4.92. The summed E-state index contributed by atoms with van der Waals surface area (Å²) in [6.45, 7) is 0.413. The minimum absolute atomic E-state index is 0.413. The van der Waals surface area contributed by atoms with Gasteiger partial charge in [-0.2, -0.15) is 4.98 Å². The van der Waals surface area contributed by atoms with Gasteiger partial charge in [0.15, 0.2) is 5.82 Å². The van der Waals surface area contributed by atoms with Gasteiger partial charge in [0.1, 0.15) is 5.69 Å². The smallest absolute Gasteiger partial charge is 0.251 e. The number of nitrogens with zero attached hydrogens (tertiary/aromatic N) is 4. The van der Waals surface area contributed by atoms with Crippen molar-refractivity contribution in [2.45, 2.75) is 6.54 Å². The van der Waals surface area contributed by atoms with Gasteiger partial charge in [0.05, 0.1) is 11.9 Å². The van der Waals surface area contributed by atoms with E-state index >= 15 is 0 Å². The number of hydrogen-bond donors (Lipinski definition) is 2. The molecule has 3 aromatic rings. The SMILES string of the molecule is NCc1cn2[nH]c(-c3ccccn3)nc2n1. The number of H-pyrrole nitrogens is 1. The molecule has 0 radical (unpaired) electrons. The molecule has 0 aliphatic carbocycles. The maximum Gasteiger partial charge on any atom is 0.251 e. The number of hydrogen-bond acceptors (Lipinski definition) is 4. The van der Waals surface area contributed by atoms with Crippen molar-refractivity contribution in [2.24, 2.45) is 5.73 Å². The van der Waals surface area contributed by atoms with Crippen molar-refractivity contribution in [1.29, 1.82) is 0 Å². The van der Waals surface area contributed by atoms with Crippen molar-refractivity contribution in [3.63, 3.8) is 0 Å². The van der Waals surface area contributed by atoms with E-state index in [4.69, 9.17) is 5.73 Å². The maximum absolute atomic E-state index is 5.49. The number of rotatable bonds is 2. The van der Waals surface area contributed by atoms with Crippen LogP contribution in [0.25, 0.3) is 17.3 Å². The molecule has 16 heavy (non-hydrogen) atoms. The molecule has 0 saturated heterocycles. The molecule has 0 aliphatic rings. The van der Waals surface area contributed by atoms with Crippen LogP contribution in [0, 0.1) is 0 Å². The molecule has 0 bridgehead atoms. The summed E-state index contributed by atoms with van der Waals surface area (Å²) in [6.07, 6.45) is 3.56. The van der Waals surface area contributed by atoms with Gasteiger partial charge in [-0.05, 0) is 12.1 Å². The van der Waals surface area contributed by atoms with Crippen molar-refractivity contribution in [3.8, 4) is 11.5 Å². The van der Waals surface area contributed by atoms with E-state index in [2.05, 4.69) is 20.1 Å². The Balaban J connectivity index is 2.10. The predicted molar refractivity (Wildman–Crippen MR) is 58.5 cm³/mol. The Morgan fingerprint density at radius 3 is 2.94 bits per heavy atom. The number of imidazole rings is 1. The molecule has 0 aliphatic heterocycles. The molecule has 0 unspecified atom stereocenters. The van der Waals surface area contributed by atoms with E-state index in [0.29, 0.717) is 18.1 Å². The van der Waals surface area contributed by atoms with Crippen molar-refractivity contribution in [3.05, 3.63) is 36.3 Å². The molecule has 0 spiro atoms. The summed E-state index contributed by atoms with van der Waals surface area (Å²) in [4.78, 5) is 12.8. The quantitative estimate of drug-likeness (QED) is 0.653. The Bertz CT molecular complexity index is 577. The first-order chi connectivity index (χ1) is 7.86. The minimum Gasteiger partial charge on any atom is -0.325 e. The Morgan fingerprint density at radius 1 is 1.31 bits per heavy atom. The maximum atomic E-state index is 5.49. The Hall–Kier alpha value is -2.21. The largest absolute Gasteiger partial charge is 0.325 e. The zero-order valence-corrected chi connectivity index (χ0v) is 8.46. The van der Waals surface area contributed by atoms with E-state index in [1.165, 1.54) is 0 Å². The first-order valence-corrected chi connectivity index (χ1v) is 4.92. The van der Waals surface area contributed by atoms with E-state index in [1.54, 1.807) is 10.7 Å². The standard InChI is InChI=1S/C10H10N6/c11-5-7-6-16-10(13-7)14-9(15-16)8-3-1-2-4-12-8/h1-4,6H,5,11H2,(H,13,14,15). The number of aromatic amines is 1. The number of fused-ring (bicyclic) bond motifs is 1. The third-order valence-electron chi connectivity index (χ3n) is 2.29. The van der Waals surface area contributed by atoms with Crippen LogP contribution in [-0.4, -0.2) is 24.6 Å². The highest BCUT2D eigenvalue weighted by atomic mass is 15.3. The van der Waals surface area contributed by atoms with Gasteiger partial charge >= 0.3 is 0 Å². The summed E-state index contributed by atoms with van der Waals surface area (Å²) in [7, 11) is 0. The molecule has 0 atom stereocenters. The molecule has 3 rings (SSSR count). The lowest BCUT2D eigenvalue weighted by Crippen LogP contribution is -1.96. The van der Waals surface area contributed by atoms with Crippen molar-refractivity contribution in [1.82, 2.24) is 24.6 Å². The van der Waals surface area contributed by atoms with Gasteiger partial charge in [-0.1, -0.05) is 6.07 Å². The van der Waals surface area contributed by atoms with Gasteiger partial charge in [0, 0.05) is 12.7 Å². The second-order valence-corrected chi connectivity index (χ2v) is 3.39. The number of nitrogens with one attached hydrogen (secondary N) is 1. The van der Waals surface area contributed by atoms with Crippen LogP contribution in [0.4, 0.5) is 0 Å². The summed E-state index contributed by atoms with van der Waals surface area (Å²) in [5.74, 6) is 1.31. The van der Waals surface area contributed by atoms with Crippen molar-refractivity contribution < 1.29 is 0 Å². The molecule has 6 heteroatoms. The zero-order chi connectivity index (χ0) is 11.0. The second kappa shape index (κ2) is 3.42. The zero-order valence-electron chi connectivity index (χ0n) is 8.46. The molecule has 6 nitrogen and oxygen atoms in total. The van der Waals surface area contributed by atoms with E-state index in [9.17, 15) is 0 Å². The molecular formula is C10H10N6. The van der Waals surface area contributed by atoms with Gasteiger partial charge in [0.25, 0.3) is 5.78 Å². The fourth-order valence-electron chi connectivity index (χ4n) is 1.53. The lowest BCUT2D eigenvalue weighted by atomic mass is 10.3. The van der Waals surface area contributed by atoms with E-state index in [-0.39, 0.29) is 0 Å². The molecule has 0 aromatic carbocycles. The van der Waals surface area contributed by atoms with Crippen molar-refractivity contribution in [2.75, 3.05) is 0 Å². The fourth-order valence-corrected chi connectivity index (χ4v) is 1.53. The van der Waals surface area contributed by atoms with E-state index < -0.39 is 0 Å². The summed E-state index contributed by atoms with van der Waals surface area (Å²) >= 11 is 0. The highest BCUT2D eigenvalue weighted by Gasteiger charge is 2.08. The summed E-state index contributed by atoms with van der Waals surface area (Å²) in [5.41, 5.74) is 7.10. The Kier molecular flexibility index (Phi) is 1.94. The lowest BCUT2D eigenvalue weighted by molar-refractivity contribution is 0.955. The van der Waals surface area contributed by atoms with Crippen LogP contribution in [0.3, 0.4) is 0 Å². The number of aromatic nitrogens is 5. The van der Waals surface area contributed by atoms with Gasteiger partial charge in [-0.25, -0.2) is 9.50 Å². The highest BCUT2D eigenvalue weighted by Crippen LogP contribution is 2.12. The number of pyridine rings is 1. The van der Waals surface area contributed by atoms with Gasteiger partial charge in [-0.15, -0.1) is 0 Å². The molecule has 80 valence electrons. The normalized spacial score (nSPS) is 11.1. The third kappa shape index (κ3) is 1.36. The molecule has 0 saturated carbocycles. The third-order valence-corrected chi connectivity index (χ3v) is 2.29. The summed E-state index contributed by atoms with van der Waals surface area (Å²) < 4.78 is 1.74.